The van der Waals surface area contributed by atoms with E-state index in [2.05, 4.69) is 20.7 Å². The Kier molecular flexibility index (Phi) is 5.20. The first-order valence-electron chi connectivity index (χ1n) is 9.30. The van der Waals surface area contributed by atoms with E-state index in [9.17, 15) is 4.79 Å². The Morgan fingerprint density at radius 3 is 2.59 bits per heavy atom. The number of aryl methyl sites for hydroxylation is 2. The maximum atomic E-state index is 12.3. The van der Waals surface area contributed by atoms with E-state index in [0.717, 1.165) is 16.7 Å². The summed E-state index contributed by atoms with van der Waals surface area (Å²) in [6.45, 7) is 4.43. The second kappa shape index (κ2) is 8.10. The molecule has 0 atom stereocenters. The van der Waals surface area contributed by atoms with Gasteiger partial charge in [-0.05, 0) is 43.2 Å². The lowest BCUT2D eigenvalue weighted by atomic mass is 10.0. The van der Waals surface area contributed by atoms with Crippen molar-refractivity contribution in [3.05, 3.63) is 77.3 Å². The van der Waals surface area contributed by atoms with E-state index < -0.39 is 0 Å². The molecule has 0 unspecified atom stereocenters. The molecule has 4 aromatic rings. The van der Waals surface area contributed by atoms with Crippen LogP contribution < -0.4 is 5.32 Å². The summed E-state index contributed by atoms with van der Waals surface area (Å²) >= 11 is 0. The number of aromatic nitrogens is 3. The van der Waals surface area contributed by atoms with Gasteiger partial charge in [0.2, 0.25) is 11.8 Å². The van der Waals surface area contributed by atoms with Crippen LogP contribution in [0.25, 0.3) is 22.8 Å². The third kappa shape index (κ3) is 4.24. The fourth-order valence-corrected chi connectivity index (χ4v) is 2.84. The molecule has 146 valence electrons. The Hall–Kier alpha value is -3.74. The molecule has 0 saturated heterocycles. The molecule has 2 aromatic heterocycles. The smallest absolute Gasteiger partial charge is 0.273 e. The van der Waals surface area contributed by atoms with Crippen LogP contribution in [-0.2, 0) is 6.42 Å². The van der Waals surface area contributed by atoms with Gasteiger partial charge in [0.25, 0.3) is 5.91 Å². The van der Waals surface area contributed by atoms with Crippen LogP contribution in [0.1, 0.15) is 27.5 Å². The lowest BCUT2D eigenvalue weighted by molar-refractivity contribution is 0.0944. The highest BCUT2D eigenvalue weighted by atomic mass is 16.5. The van der Waals surface area contributed by atoms with Crippen LogP contribution in [0, 0.1) is 13.8 Å². The highest BCUT2D eigenvalue weighted by Crippen LogP contribution is 2.23. The number of nitrogens with zero attached hydrogens (tertiary/aromatic N) is 3. The number of amides is 1. The molecule has 7 nitrogen and oxygen atoms in total. The van der Waals surface area contributed by atoms with E-state index in [0.29, 0.717) is 30.5 Å². The summed E-state index contributed by atoms with van der Waals surface area (Å²) in [6.07, 6.45) is 0.424. The average molecular weight is 388 g/mol. The van der Waals surface area contributed by atoms with Crippen molar-refractivity contribution in [2.45, 2.75) is 20.3 Å². The topological polar surface area (TPSA) is 94.1 Å². The van der Waals surface area contributed by atoms with Gasteiger partial charge in [-0.25, -0.2) is 0 Å². The summed E-state index contributed by atoms with van der Waals surface area (Å²) in [5, 5.41) is 14.7. The lowest BCUT2D eigenvalue weighted by Crippen LogP contribution is -2.26. The summed E-state index contributed by atoms with van der Waals surface area (Å²) in [5.74, 6) is 1.16. The van der Waals surface area contributed by atoms with E-state index in [1.807, 2.05) is 62.4 Å². The summed E-state index contributed by atoms with van der Waals surface area (Å²) in [5.41, 5.74) is 4.33. The van der Waals surface area contributed by atoms with Crippen molar-refractivity contribution >= 4 is 5.91 Å². The second-order valence-corrected chi connectivity index (χ2v) is 6.75. The molecule has 2 aromatic carbocycles. The Morgan fingerprint density at radius 1 is 0.966 bits per heavy atom. The molecule has 0 aliphatic rings. The van der Waals surface area contributed by atoms with Gasteiger partial charge in [-0.15, -0.1) is 10.2 Å². The van der Waals surface area contributed by atoms with Gasteiger partial charge in [0.1, 0.15) is 0 Å². The summed E-state index contributed by atoms with van der Waals surface area (Å²) in [6, 6.07) is 17.1. The first kappa shape index (κ1) is 18.6. The van der Waals surface area contributed by atoms with E-state index >= 15 is 0 Å². The SMILES string of the molecule is Cc1ccc(-c2cc(C(=O)NCCc3nnc(-c4ccccc4)o3)no2)cc1C. The Morgan fingerprint density at radius 2 is 1.79 bits per heavy atom. The minimum atomic E-state index is -0.313. The minimum absolute atomic E-state index is 0.230. The lowest BCUT2D eigenvalue weighted by Gasteiger charge is -2.01. The number of nitrogens with one attached hydrogen (secondary N) is 1. The Balaban J connectivity index is 1.34. The second-order valence-electron chi connectivity index (χ2n) is 6.75. The van der Waals surface area contributed by atoms with Crippen molar-refractivity contribution in [1.82, 2.24) is 20.7 Å². The number of hydrogen-bond donors (Lipinski definition) is 1. The molecule has 1 N–H and O–H groups in total. The predicted octanol–water partition coefficient (Wildman–Crippen LogP) is 3.98. The molecule has 7 heteroatoms. The van der Waals surface area contributed by atoms with E-state index in [1.165, 1.54) is 5.56 Å². The molecule has 0 spiro atoms. The normalized spacial score (nSPS) is 10.8. The Labute approximate surface area is 167 Å². The zero-order valence-electron chi connectivity index (χ0n) is 16.2. The molecule has 0 saturated carbocycles. The first-order valence-corrected chi connectivity index (χ1v) is 9.30. The molecule has 0 aliphatic heterocycles. The van der Waals surface area contributed by atoms with Gasteiger partial charge in [-0.3, -0.25) is 4.79 Å². The largest absolute Gasteiger partial charge is 0.421 e. The third-order valence-electron chi connectivity index (χ3n) is 4.65. The van der Waals surface area contributed by atoms with Crippen molar-refractivity contribution in [3.63, 3.8) is 0 Å². The predicted molar refractivity (Wildman–Crippen MR) is 107 cm³/mol. The number of benzene rings is 2. The molecule has 1 amide bonds. The highest BCUT2D eigenvalue weighted by Gasteiger charge is 2.15. The van der Waals surface area contributed by atoms with Crippen LogP contribution in [0.3, 0.4) is 0 Å². The van der Waals surface area contributed by atoms with Gasteiger partial charge in [0, 0.05) is 30.2 Å². The number of hydrogen-bond acceptors (Lipinski definition) is 6. The van der Waals surface area contributed by atoms with Crippen LogP contribution >= 0.6 is 0 Å². The van der Waals surface area contributed by atoms with Gasteiger partial charge in [-0.2, -0.15) is 0 Å². The first-order chi connectivity index (χ1) is 14.1. The summed E-state index contributed by atoms with van der Waals surface area (Å²) in [7, 11) is 0. The molecular formula is C22H20N4O3. The molecule has 4 rings (SSSR count). The number of carbonyl (C=O) groups excluding carboxylic acids is 1. The van der Waals surface area contributed by atoms with E-state index in [-0.39, 0.29) is 11.6 Å². The maximum absolute atomic E-state index is 12.3. The minimum Gasteiger partial charge on any atom is -0.421 e. The van der Waals surface area contributed by atoms with E-state index in [4.69, 9.17) is 8.94 Å². The maximum Gasteiger partial charge on any atom is 0.273 e. The van der Waals surface area contributed by atoms with Gasteiger partial charge < -0.3 is 14.3 Å². The molecule has 0 radical (unpaired) electrons. The van der Waals surface area contributed by atoms with Gasteiger partial charge in [-0.1, -0.05) is 35.5 Å². The quantitative estimate of drug-likeness (QED) is 0.537. The van der Waals surface area contributed by atoms with Crippen molar-refractivity contribution in [2.75, 3.05) is 6.54 Å². The summed E-state index contributed by atoms with van der Waals surface area (Å²) in [4.78, 5) is 12.3. The van der Waals surface area contributed by atoms with Crippen LogP contribution in [0.4, 0.5) is 0 Å². The van der Waals surface area contributed by atoms with Crippen molar-refractivity contribution in [1.29, 1.82) is 0 Å². The highest BCUT2D eigenvalue weighted by molar-refractivity contribution is 5.93. The number of rotatable bonds is 6. The third-order valence-corrected chi connectivity index (χ3v) is 4.65. The molecular weight excluding hydrogens is 368 g/mol. The van der Waals surface area contributed by atoms with Crippen molar-refractivity contribution < 1.29 is 13.7 Å². The molecule has 2 heterocycles. The molecule has 29 heavy (non-hydrogen) atoms. The zero-order chi connectivity index (χ0) is 20.2. The summed E-state index contributed by atoms with van der Waals surface area (Å²) < 4.78 is 11.0. The van der Waals surface area contributed by atoms with Gasteiger partial charge in [0.05, 0.1) is 0 Å². The fourth-order valence-electron chi connectivity index (χ4n) is 2.84. The standard InChI is InChI=1S/C22H20N4O3/c1-14-8-9-17(12-15(14)2)19-13-18(26-29-19)21(27)23-11-10-20-24-25-22(28-20)16-6-4-3-5-7-16/h3-9,12-13H,10-11H2,1-2H3,(H,23,27). The van der Waals surface area contributed by atoms with Crippen LogP contribution in [-0.4, -0.2) is 27.8 Å². The monoisotopic (exact) mass is 388 g/mol. The molecule has 0 aliphatic carbocycles. The zero-order valence-corrected chi connectivity index (χ0v) is 16.2. The number of carbonyl (C=O) groups is 1. The van der Waals surface area contributed by atoms with Crippen LogP contribution in [0.5, 0.6) is 0 Å². The van der Waals surface area contributed by atoms with Crippen molar-refractivity contribution in [2.24, 2.45) is 0 Å². The van der Waals surface area contributed by atoms with Crippen molar-refractivity contribution in [3.8, 4) is 22.8 Å². The van der Waals surface area contributed by atoms with Crippen LogP contribution in [0.2, 0.25) is 0 Å². The van der Waals surface area contributed by atoms with Gasteiger partial charge >= 0.3 is 0 Å². The van der Waals surface area contributed by atoms with Crippen LogP contribution in [0.15, 0.2) is 63.5 Å². The Bertz CT molecular complexity index is 1130. The molecule has 0 bridgehead atoms. The average Bonchev–Trinajstić information content (AvgIpc) is 3.41. The molecule has 0 fully saturated rings. The van der Waals surface area contributed by atoms with Gasteiger partial charge in [0.15, 0.2) is 11.5 Å². The fraction of sp³-hybridized carbons (Fsp3) is 0.182. The van der Waals surface area contributed by atoms with E-state index in [1.54, 1.807) is 6.07 Å².